The monoisotopic (exact) mass is 302 g/mol. The number of benzene rings is 3. The van der Waals surface area contributed by atoms with Crippen LogP contribution in [0.25, 0.3) is 21.8 Å². The zero-order valence-corrected chi connectivity index (χ0v) is 12.6. The lowest BCUT2D eigenvalue weighted by Crippen LogP contribution is -1.92. The molecule has 4 rings (SSSR count). The molecule has 0 saturated heterocycles. The van der Waals surface area contributed by atoms with Crippen LogP contribution in [0.5, 0.6) is 17.4 Å². The van der Waals surface area contributed by atoms with E-state index in [1.54, 1.807) is 13.3 Å². The van der Waals surface area contributed by atoms with E-state index in [1.165, 1.54) is 0 Å². The standard InChI is InChI=1S/C19H14N2O2/c1-22-15-7-4-8-16(11-15)23-19-12-20-17-9-13-5-2-3-6-14(13)10-18(17)21-19/h2-12H,1H3. The van der Waals surface area contributed by atoms with Crippen LogP contribution in [0.4, 0.5) is 0 Å². The molecule has 1 aromatic heterocycles. The van der Waals surface area contributed by atoms with Crippen molar-refractivity contribution in [3.8, 4) is 17.4 Å². The summed E-state index contributed by atoms with van der Waals surface area (Å²) in [5, 5.41) is 2.28. The number of fused-ring (bicyclic) bond motifs is 2. The van der Waals surface area contributed by atoms with Crippen molar-refractivity contribution in [3.63, 3.8) is 0 Å². The van der Waals surface area contributed by atoms with Gasteiger partial charge in [-0.3, -0.25) is 0 Å². The quantitative estimate of drug-likeness (QED) is 0.519. The Balaban J connectivity index is 1.74. The van der Waals surface area contributed by atoms with Crippen molar-refractivity contribution >= 4 is 21.8 Å². The third-order valence-corrected chi connectivity index (χ3v) is 3.65. The van der Waals surface area contributed by atoms with E-state index in [0.717, 1.165) is 27.6 Å². The highest BCUT2D eigenvalue weighted by molar-refractivity contribution is 5.94. The molecular formula is C19H14N2O2. The number of nitrogens with zero attached hydrogens (tertiary/aromatic N) is 2. The number of ether oxygens (including phenoxy) is 2. The van der Waals surface area contributed by atoms with E-state index in [0.29, 0.717) is 11.6 Å². The Hall–Kier alpha value is -3.14. The summed E-state index contributed by atoms with van der Waals surface area (Å²) in [5.41, 5.74) is 1.66. The van der Waals surface area contributed by atoms with Crippen LogP contribution in [-0.2, 0) is 0 Å². The van der Waals surface area contributed by atoms with Gasteiger partial charge in [-0.25, -0.2) is 9.97 Å². The van der Waals surface area contributed by atoms with Crippen LogP contribution in [-0.4, -0.2) is 17.1 Å². The second-order valence-electron chi connectivity index (χ2n) is 5.18. The number of hydrogen-bond donors (Lipinski definition) is 0. The van der Waals surface area contributed by atoms with Gasteiger partial charge in [-0.05, 0) is 35.0 Å². The van der Waals surface area contributed by atoms with Crippen molar-refractivity contribution in [2.75, 3.05) is 7.11 Å². The predicted molar refractivity (Wildman–Crippen MR) is 90.1 cm³/mol. The van der Waals surface area contributed by atoms with Crippen LogP contribution in [0.3, 0.4) is 0 Å². The fourth-order valence-electron chi connectivity index (χ4n) is 2.52. The van der Waals surface area contributed by atoms with E-state index in [4.69, 9.17) is 9.47 Å². The van der Waals surface area contributed by atoms with Crippen molar-refractivity contribution in [1.82, 2.24) is 9.97 Å². The Morgan fingerprint density at radius 1 is 0.783 bits per heavy atom. The number of rotatable bonds is 3. The molecule has 23 heavy (non-hydrogen) atoms. The number of methoxy groups -OCH3 is 1. The molecule has 3 aromatic carbocycles. The summed E-state index contributed by atoms with van der Waals surface area (Å²) in [4.78, 5) is 9.00. The summed E-state index contributed by atoms with van der Waals surface area (Å²) in [6.07, 6.45) is 1.64. The molecule has 0 saturated carbocycles. The summed E-state index contributed by atoms with van der Waals surface area (Å²) in [6, 6.07) is 19.6. The van der Waals surface area contributed by atoms with Crippen molar-refractivity contribution < 1.29 is 9.47 Å². The number of aromatic nitrogens is 2. The minimum Gasteiger partial charge on any atom is -0.497 e. The largest absolute Gasteiger partial charge is 0.497 e. The second-order valence-corrected chi connectivity index (χ2v) is 5.18. The highest BCUT2D eigenvalue weighted by atomic mass is 16.5. The van der Waals surface area contributed by atoms with Gasteiger partial charge in [0.05, 0.1) is 24.3 Å². The topological polar surface area (TPSA) is 44.2 Å². The van der Waals surface area contributed by atoms with Crippen molar-refractivity contribution in [2.24, 2.45) is 0 Å². The molecule has 0 aliphatic carbocycles. The first kappa shape index (κ1) is 13.5. The predicted octanol–water partition coefficient (Wildman–Crippen LogP) is 4.58. The van der Waals surface area contributed by atoms with Gasteiger partial charge in [-0.15, -0.1) is 0 Å². The highest BCUT2D eigenvalue weighted by Gasteiger charge is 2.05. The van der Waals surface area contributed by atoms with Crippen molar-refractivity contribution in [2.45, 2.75) is 0 Å². The maximum absolute atomic E-state index is 5.79. The minimum absolute atomic E-state index is 0.459. The molecule has 0 fully saturated rings. The second kappa shape index (κ2) is 5.57. The zero-order valence-electron chi connectivity index (χ0n) is 12.6. The fourth-order valence-corrected chi connectivity index (χ4v) is 2.52. The van der Waals surface area contributed by atoms with Crippen molar-refractivity contribution in [3.05, 3.63) is 66.9 Å². The van der Waals surface area contributed by atoms with E-state index in [1.807, 2.05) is 48.5 Å². The molecule has 112 valence electrons. The maximum atomic E-state index is 5.79. The summed E-state index contributed by atoms with van der Waals surface area (Å²) >= 11 is 0. The molecule has 4 nitrogen and oxygen atoms in total. The van der Waals surface area contributed by atoms with Gasteiger partial charge in [0.25, 0.3) is 0 Å². The molecular weight excluding hydrogens is 288 g/mol. The Morgan fingerprint density at radius 2 is 1.52 bits per heavy atom. The summed E-state index contributed by atoms with van der Waals surface area (Å²) in [7, 11) is 1.63. The first-order chi connectivity index (χ1) is 11.3. The minimum atomic E-state index is 0.459. The molecule has 0 unspecified atom stereocenters. The SMILES string of the molecule is COc1cccc(Oc2cnc3cc4ccccc4cc3n2)c1. The van der Waals surface area contributed by atoms with Crippen molar-refractivity contribution in [1.29, 1.82) is 0 Å². The van der Waals surface area contributed by atoms with Gasteiger partial charge in [0.1, 0.15) is 11.5 Å². The molecule has 0 aliphatic rings. The van der Waals surface area contributed by atoms with Gasteiger partial charge < -0.3 is 9.47 Å². The Kier molecular flexibility index (Phi) is 3.27. The Labute approximate surface area is 133 Å². The molecule has 4 heteroatoms. The van der Waals surface area contributed by atoms with Crippen LogP contribution < -0.4 is 9.47 Å². The third kappa shape index (κ3) is 2.66. The van der Waals surface area contributed by atoms with Gasteiger partial charge in [0, 0.05) is 6.07 Å². The molecule has 0 bridgehead atoms. The lowest BCUT2D eigenvalue weighted by atomic mass is 10.1. The van der Waals surface area contributed by atoms with E-state index in [2.05, 4.69) is 22.1 Å². The lowest BCUT2D eigenvalue weighted by Gasteiger charge is -2.07. The molecule has 1 heterocycles. The summed E-state index contributed by atoms with van der Waals surface area (Å²) in [6.45, 7) is 0. The van der Waals surface area contributed by atoms with Gasteiger partial charge in [0.2, 0.25) is 5.88 Å². The van der Waals surface area contributed by atoms with Gasteiger partial charge >= 0.3 is 0 Å². The molecule has 0 aliphatic heterocycles. The lowest BCUT2D eigenvalue weighted by molar-refractivity contribution is 0.407. The molecule has 4 aromatic rings. The van der Waals surface area contributed by atoms with E-state index >= 15 is 0 Å². The first-order valence-corrected chi connectivity index (χ1v) is 7.29. The Bertz CT molecular complexity index is 999. The molecule has 0 atom stereocenters. The fraction of sp³-hybridized carbons (Fsp3) is 0.0526. The first-order valence-electron chi connectivity index (χ1n) is 7.29. The molecule has 0 spiro atoms. The van der Waals surface area contributed by atoms with E-state index in [9.17, 15) is 0 Å². The summed E-state index contributed by atoms with van der Waals surface area (Å²) in [5.74, 6) is 1.86. The smallest absolute Gasteiger partial charge is 0.238 e. The molecule has 0 radical (unpaired) electrons. The van der Waals surface area contributed by atoms with Crippen LogP contribution in [0.15, 0.2) is 66.9 Å². The van der Waals surface area contributed by atoms with Gasteiger partial charge in [-0.2, -0.15) is 0 Å². The summed E-state index contributed by atoms with van der Waals surface area (Å²) < 4.78 is 11.0. The van der Waals surface area contributed by atoms with Gasteiger partial charge in [-0.1, -0.05) is 30.3 Å². The van der Waals surface area contributed by atoms with Crippen LogP contribution in [0.2, 0.25) is 0 Å². The Morgan fingerprint density at radius 3 is 2.30 bits per heavy atom. The average Bonchev–Trinajstić information content (AvgIpc) is 2.60. The van der Waals surface area contributed by atoms with Crippen LogP contribution in [0.1, 0.15) is 0 Å². The van der Waals surface area contributed by atoms with E-state index in [-0.39, 0.29) is 0 Å². The molecule has 0 amide bonds. The zero-order chi connectivity index (χ0) is 15.6. The molecule has 0 N–H and O–H groups in total. The maximum Gasteiger partial charge on any atom is 0.238 e. The number of hydrogen-bond acceptors (Lipinski definition) is 4. The normalized spacial score (nSPS) is 10.8. The third-order valence-electron chi connectivity index (χ3n) is 3.65. The van der Waals surface area contributed by atoms with Crippen LogP contribution >= 0.6 is 0 Å². The average molecular weight is 302 g/mol. The highest BCUT2D eigenvalue weighted by Crippen LogP contribution is 2.26. The van der Waals surface area contributed by atoms with Crippen LogP contribution in [0, 0.1) is 0 Å². The van der Waals surface area contributed by atoms with E-state index < -0.39 is 0 Å². The van der Waals surface area contributed by atoms with Gasteiger partial charge in [0.15, 0.2) is 0 Å².